The first-order chi connectivity index (χ1) is 12.2. The number of ether oxygens (including phenoxy) is 1. The number of rotatable bonds is 7. The summed E-state index contributed by atoms with van der Waals surface area (Å²) < 4.78 is 32.3. The van der Waals surface area contributed by atoms with Gasteiger partial charge in [-0.05, 0) is 55.8 Å². The summed E-state index contributed by atoms with van der Waals surface area (Å²) in [4.78, 5) is 14.6. The Kier molecular flexibility index (Phi) is 6.26. The molecule has 0 atom stereocenters. The van der Waals surface area contributed by atoms with Gasteiger partial charge in [0.1, 0.15) is 11.5 Å². The number of carbonyl (C=O) groups is 1. The van der Waals surface area contributed by atoms with Crippen LogP contribution in [-0.4, -0.2) is 38.6 Å². The van der Waals surface area contributed by atoms with Crippen molar-refractivity contribution in [2.24, 2.45) is 0 Å². The molecule has 0 aliphatic rings. The van der Waals surface area contributed by atoms with Gasteiger partial charge in [-0.15, -0.1) is 0 Å². The van der Waals surface area contributed by atoms with Crippen molar-refractivity contribution >= 4 is 16.0 Å². The van der Waals surface area contributed by atoms with Crippen LogP contribution in [0.4, 0.5) is 0 Å². The van der Waals surface area contributed by atoms with Gasteiger partial charge in [0, 0.05) is 18.2 Å². The Morgan fingerprint density at radius 2 is 1.54 bits per heavy atom. The number of carbonyl (C=O) groups excluding carboxylic acids is 1. The highest BCUT2D eigenvalue weighted by Gasteiger charge is 2.19. The molecule has 0 saturated heterocycles. The Labute approximate surface area is 154 Å². The number of benzene rings is 2. The van der Waals surface area contributed by atoms with Crippen molar-refractivity contribution < 1.29 is 22.1 Å². The van der Waals surface area contributed by atoms with Crippen molar-refractivity contribution in [3.8, 4) is 11.5 Å². The van der Waals surface area contributed by atoms with Gasteiger partial charge in [-0.3, -0.25) is 4.79 Å². The Morgan fingerprint density at radius 1 is 1.00 bits per heavy atom. The quantitative estimate of drug-likeness (QED) is 0.694. The molecule has 0 heterocycles. The summed E-state index contributed by atoms with van der Waals surface area (Å²) in [5.74, 6) is 0.854. The molecule has 0 bridgehead atoms. The van der Waals surface area contributed by atoms with Crippen LogP contribution in [-0.2, 0) is 16.7 Å². The molecule has 2 aromatic carbocycles. The maximum Gasteiger partial charge on any atom is 0.306 e. The Morgan fingerprint density at radius 3 is 2.00 bits per heavy atom. The number of hydrogen-bond acceptors (Lipinski definition) is 5. The second kappa shape index (κ2) is 8.23. The van der Waals surface area contributed by atoms with E-state index >= 15 is 0 Å². The fraction of sp³-hybridized carbons (Fsp3) is 0.316. The molecule has 0 aliphatic carbocycles. The predicted molar refractivity (Wildman–Crippen MR) is 99.9 cm³/mol. The van der Waals surface area contributed by atoms with E-state index in [1.54, 1.807) is 60.5 Å². The molecule has 0 N–H and O–H groups in total. The Bertz CT molecular complexity index is 843. The van der Waals surface area contributed by atoms with Crippen LogP contribution in [0.2, 0.25) is 0 Å². The standard InChI is InChI=1S/C19H23NO5S/c1-14(2)20(19(21)16-7-11-17(24-3)12-8-16)13-15-5-9-18(10-6-15)25-26(4,22)23/h5-12,14H,13H2,1-4H3. The summed E-state index contributed by atoms with van der Waals surface area (Å²) in [6.45, 7) is 4.30. The van der Waals surface area contributed by atoms with E-state index in [0.717, 1.165) is 11.8 Å². The second-order valence-corrected chi connectivity index (χ2v) is 7.76. The topological polar surface area (TPSA) is 72.9 Å². The molecule has 2 aromatic rings. The fourth-order valence-corrected chi connectivity index (χ4v) is 2.87. The van der Waals surface area contributed by atoms with Crippen LogP contribution < -0.4 is 8.92 Å². The zero-order chi connectivity index (χ0) is 19.3. The highest BCUT2D eigenvalue weighted by molar-refractivity contribution is 7.86. The first-order valence-corrected chi connectivity index (χ1v) is 9.94. The van der Waals surface area contributed by atoms with Crippen LogP contribution in [0.5, 0.6) is 11.5 Å². The minimum absolute atomic E-state index is 0.00320. The van der Waals surface area contributed by atoms with Crippen LogP contribution in [0.1, 0.15) is 29.8 Å². The van der Waals surface area contributed by atoms with E-state index in [2.05, 4.69) is 0 Å². The molecule has 0 saturated carbocycles. The molecule has 140 valence electrons. The normalized spacial score (nSPS) is 11.3. The van der Waals surface area contributed by atoms with Crippen molar-refractivity contribution in [1.29, 1.82) is 0 Å². The first kappa shape index (κ1) is 19.8. The largest absolute Gasteiger partial charge is 0.497 e. The van der Waals surface area contributed by atoms with Crippen molar-refractivity contribution in [2.45, 2.75) is 26.4 Å². The van der Waals surface area contributed by atoms with Gasteiger partial charge in [-0.2, -0.15) is 8.42 Å². The van der Waals surface area contributed by atoms with Gasteiger partial charge in [0.15, 0.2) is 0 Å². The van der Waals surface area contributed by atoms with E-state index < -0.39 is 10.1 Å². The maximum absolute atomic E-state index is 12.8. The zero-order valence-corrected chi connectivity index (χ0v) is 16.1. The van der Waals surface area contributed by atoms with E-state index in [0.29, 0.717) is 17.9 Å². The SMILES string of the molecule is COc1ccc(C(=O)N(Cc2ccc(OS(C)(=O)=O)cc2)C(C)C)cc1. The van der Waals surface area contributed by atoms with Crippen molar-refractivity contribution in [3.63, 3.8) is 0 Å². The molecule has 0 aromatic heterocycles. The molecule has 7 heteroatoms. The summed E-state index contributed by atoms with van der Waals surface area (Å²) in [6, 6.07) is 13.6. The third-order valence-electron chi connectivity index (χ3n) is 3.75. The number of hydrogen-bond donors (Lipinski definition) is 0. The number of methoxy groups -OCH3 is 1. The van der Waals surface area contributed by atoms with Gasteiger partial charge < -0.3 is 13.8 Å². The second-order valence-electron chi connectivity index (χ2n) is 6.19. The number of amides is 1. The highest BCUT2D eigenvalue weighted by atomic mass is 32.2. The van der Waals surface area contributed by atoms with Crippen LogP contribution in [0, 0.1) is 0 Å². The Balaban J connectivity index is 2.15. The van der Waals surface area contributed by atoms with E-state index in [9.17, 15) is 13.2 Å². The van der Waals surface area contributed by atoms with Gasteiger partial charge in [-0.1, -0.05) is 12.1 Å². The van der Waals surface area contributed by atoms with Crippen LogP contribution >= 0.6 is 0 Å². The van der Waals surface area contributed by atoms with Crippen LogP contribution in [0.15, 0.2) is 48.5 Å². The maximum atomic E-state index is 12.8. The lowest BCUT2D eigenvalue weighted by Crippen LogP contribution is -2.36. The monoisotopic (exact) mass is 377 g/mol. The van der Waals surface area contributed by atoms with E-state index in [4.69, 9.17) is 8.92 Å². The van der Waals surface area contributed by atoms with E-state index in [1.807, 2.05) is 13.8 Å². The minimum Gasteiger partial charge on any atom is -0.497 e. The lowest BCUT2D eigenvalue weighted by atomic mass is 10.1. The predicted octanol–water partition coefficient (Wildman–Crippen LogP) is 3.08. The zero-order valence-electron chi connectivity index (χ0n) is 15.3. The lowest BCUT2D eigenvalue weighted by molar-refractivity contribution is 0.0690. The van der Waals surface area contributed by atoms with Crippen molar-refractivity contribution in [2.75, 3.05) is 13.4 Å². The molecule has 26 heavy (non-hydrogen) atoms. The van der Waals surface area contributed by atoms with Gasteiger partial charge in [0.2, 0.25) is 0 Å². The van der Waals surface area contributed by atoms with Gasteiger partial charge in [0.05, 0.1) is 13.4 Å². The third-order valence-corrected chi connectivity index (χ3v) is 4.24. The van der Waals surface area contributed by atoms with Crippen LogP contribution in [0.25, 0.3) is 0 Å². The molecule has 0 unspecified atom stereocenters. The van der Waals surface area contributed by atoms with Crippen molar-refractivity contribution in [1.82, 2.24) is 4.90 Å². The smallest absolute Gasteiger partial charge is 0.306 e. The highest BCUT2D eigenvalue weighted by Crippen LogP contribution is 2.19. The molecule has 1 amide bonds. The van der Waals surface area contributed by atoms with Gasteiger partial charge >= 0.3 is 10.1 Å². The molecule has 0 aliphatic heterocycles. The fourth-order valence-electron chi connectivity index (χ4n) is 2.41. The molecule has 0 fully saturated rings. The summed E-state index contributed by atoms with van der Waals surface area (Å²) in [6.07, 6.45) is 0.995. The molecule has 2 rings (SSSR count). The van der Waals surface area contributed by atoms with E-state index in [-0.39, 0.29) is 17.7 Å². The Hall–Kier alpha value is -2.54. The molecule has 6 nitrogen and oxygen atoms in total. The molecule has 0 radical (unpaired) electrons. The van der Waals surface area contributed by atoms with Crippen molar-refractivity contribution in [3.05, 3.63) is 59.7 Å². The summed E-state index contributed by atoms with van der Waals surface area (Å²) in [7, 11) is -1.98. The van der Waals surface area contributed by atoms with Gasteiger partial charge in [-0.25, -0.2) is 0 Å². The van der Waals surface area contributed by atoms with E-state index in [1.165, 1.54) is 0 Å². The molecule has 0 spiro atoms. The lowest BCUT2D eigenvalue weighted by Gasteiger charge is -2.27. The number of nitrogens with zero attached hydrogens (tertiary/aromatic N) is 1. The average molecular weight is 377 g/mol. The average Bonchev–Trinajstić information content (AvgIpc) is 2.59. The minimum atomic E-state index is -3.56. The molecular formula is C19H23NO5S. The molecular weight excluding hydrogens is 354 g/mol. The summed E-state index contributed by atoms with van der Waals surface area (Å²) in [5.41, 5.74) is 1.46. The summed E-state index contributed by atoms with van der Waals surface area (Å²) in [5, 5.41) is 0. The summed E-state index contributed by atoms with van der Waals surface area (Å²) >= 11 is 0. The van der Waals surface area contributed by atoms with Crippen LogP contribution in [0.3, 0.4) is 0 Å². The third kappa shape index (κ3) is 5.49. The first-order valence-electron chi connectivity index (χ1n) is 8.13. The van der Waals surface area contributed by atoms with Gasteiger partial charge in [0.25, 0.3) is 5.91 Å².